The van der Waals surface area contributed by atoms with Crippen LogP contribution in [0.25, 0.3) is 0 Å². The number of hydrogen-bond acceptors (Lipinski definition) is 8. The Morgan fingerprint density at radius 1 is 0.485 bits per heavy atom. The number of hydrogen-bond donors (Lipinski definition) is 6. The molecule has 0 spiro atoms. The summed E-state index contributed by atoms with van der Waals surface area (Å²) in [4.78, 5) is 13.0. The highest BCUT2D eigenvalue weighted by Gasteiger charge is 2.44. The fraction of sp³-hybridized carbons (Fsp3) is 0.949. The molecule has 1 heterocycles. The minimum Gasteiger partial charge on any atom is -0.394 e. The number of carbonyl (C=O) groups is 1. The van der Waals surface area contributed by atoms with Crippen molar-refractivity contribution in [3.63, 3.8) is 0 Å². The maximum absolute atomic E-state index is 13.0. The molecule has 0 aliphatic carbocycles. The minimum absolute atomic E-state index is 0.133. The van der Waals surface area contributed by atoms with Gasteiger partial charge in [0.25, 0.3) is 0 Å². The fourth-order valence-corrected chi connectivity index (χ4v) is 9.87. The third kappa shape index (κ3) is 38.6. The molecule has 0 aromatic rings. The zero-order chi connectivity index (χ0) is 49.4. The Morgan fingerprint density at radius 2 is 0.824 bits per heavy atom. The van der Waals surface area contributed by atoms with Gasteiger partial charge in [0.1, 0.15) is 24.4 Å². The number of carbonyl (C=O) groups excluding carboxylic acids is 1. The van der Waals surface area contributed by atoms with E-state index in [0.29, 0.717) is 12.8 Å². The van der Waals surface area contributed by atoms with Crippen LogP contribution in [-0.4, -0.2) is 87.5 Å². The van der Waals surface area contributed by atoms with Gasteiger partial charge in [-0.15, -0.1) is 0 Å². The maximum atomic E-state index is 13.0. The number of unbranched alkanes of at least 4 members (excludes halogenated alkanes) is 40. The number of allylic oxidation sites excluding steroid dienone is 2. The molecule has 6 N–H and O–H groups in total. The standard InChI is InChI=1S/C59H115NO8/c1-3-5-7-9-11-13-15-17-18-19-20-21-22-23-24-25-26-27-28-29-30-31-32-33-34-35-36-37-39-41-43-45-47-49-55(63)60-52(51-67-59-58(66)57(65)56(64)54(50-61)68-59)53(62)48-46-44-42-40-38-16-14-12-10-8-6-4-2/h19-20,52-54,56-59,61-62,64-66H,3-18,21-51H2,1-2H3,(H,60,63)/b20-19-. The molecule has 9 nitrogen and oxygen atoms in total. The van der Waals surface area contributed by atoms with Crippen molar-refractivity contribution in [2.75, 3.05) is 13.2 Å². The summed E-state index contributed by atoms with van der Waals surface area (Å²) in [5.74, 6) is -0.139. The van der Waals surface area contributed by atoms with Crippen molar-refractivity contribution in [3.05, 3.63) is 12.2 Å². The second-order valence-electron chi connectivity index (χ2n) is 21.1. The Balaban J connectivity index is 2.06. The first kappa shape index (κ1) is 64.9. The van der Waals surface area contributed by atoms with E-state index in [1.807, 2.05) is 0 Å². The second-order valence-corrected chi connectivity index (χ2v) is 21.1. The molecule has 1 aliphatic heterocycles. The van der Waals surface area contributed by atoms with E-state index in [4.69, 9.17) is 9.47 Å². The fourth-order valence-electron chi connectivity index (χ4n) is 9.87. The molecule has 404 valence electrons. The van der Waals surface area contributed by atoms with Crippen molar-refractivity contribution in [3.8, 4) is 0 Å². The van der Waals surface area contributed by atoms with Crippen LogP contribution in [0.5, 0.6) is 0 Å². The van der Waals surface area contributed by atoms with Crippen LogP contribution in [0.1, 0.15) is 303 Å². The molecular weight excluding hydrogens is 851 g/mol. The van der Waals surface area contributed by atoms with E-state index in [-0.39, 0.29) is 12.5 Å². The van der Waals surface area contributed by atoms with Crippen LogP contribution in [0.4, 0.5) is 0 Å². The van der Waals surface area contributed by atoms with Crippen LogP contribution in [0.15, 0.2) is 12.2 Å². The van der Waals surface area contributed by atoms with Crippen molar-refractivity contribution in [1.29, 1.82) is 0 Å². The predicted octanol–water partition coefficient (Wildman–Crippen LogP) is 14.8. The summed E-state index contributed by atoms with van der Waals surface area (Å²) in [7, 11) is 0. The first-order valence-electron chi connectivity index (χ1n) is 29.9. The van der Waals surface area contributed by atoms with Crippen molar-refractivity contribution < 1.29 is 39.8 Å². The molecular formula is C59H115NO8. The average molecular weight is 967 g/mol. The summed E-state index contributed by atoms with van der Waals surface area (Å²) < 4.78 is 11.3. The van der Waals surface area contributed by atoms with Gasteiger partial charge in [-0.1, -0.05) is 270 Å². The number of ether oxygens (including phenoxy) is 2. The summed E-state index contributed by atoms with van der Waals surface area (Å²) in [6.45, 7) is 3.86. The lowest BCUT2D eigenvalue weighted by atomic mass is 9.99. The number of aliphatic hydroxyl groups is 5. The van der Waals surface area contributed by atoms with E-state index in [0.717, 1.165) is 38.5 Å². The third-order valence-electron chi connectivity index (χ3n) is 14.6. The van der Waals surface area contributed by atoms with Crippen LogP contribution < -0.4 is 5.32 Å². The molecule has 0 saturated carbocycles. The smallest absolute Gasteiger partial charge is 0.220 e. The Labute approximate surface area is 420 Å². The van der Waals surface area contributed by atoms with Gasteiger partial charge in [-0.25, -0.2) is 0 Å². The Hall–Kier alpha value is -1.07. The second kappa shape index (κ2) is 49.5. The van der Waals surface area contributed by atoms with Crippen LogP contribution >= 0.6 is 0 Å². The first-order valence-corrected chi connectivity index (χ1v) is 29.9. The van der Waals surface area contributed by atoms with E-state index in [2.05, 4.69) is 31.3 Å². The van der Waals surface area contributed by atoms with Crippen molar-refractivity contribution in [2.24, 2.45) is 0 Å². The molecule has 1 saturated heterocycles. The van der Waals surface area contributed by atoms with Gasteiger partial charge in [0.05, 0.1) is 25.4 Å². The Kier molecular flexibility index (Phi) is 47.3. The molecule has 7 atom stereocenters. The maximum Gasteiger partial charge on any atom is 0.220 e. The zero-order valence-corrected chi connectivity index (χ0v) is 44.9. The first-order chi connectivity index (χ1) is 33.3. The number of amides is 1. The molecule has 1 amide bonds. The van der Waals surface area contributed by atoms with Crippen LogP contribution in [-0.2, 0) is 14.3 Å². The van der Waals surface area contributed by atoms with Crippen molar-refractivity contribution in [1.82, 2.24) is 5.32 Å². The highest BCUT2D eigenvalue weighted by Crippen LogP contribution is 2.23. The lowest BCUT2D eigenvalue weighted by Crippen LogP contribution is -2.60. The lowest BCUT2D eigenvalue weighted by molar-refractivity contribution is -0.302. The monoisotopic (exact) mass is 966 g/mol. The van der Waals surface area contributed by atoms with Crippen molar-refractivity contribution >= 4 is 5.91 Å². The Bertz CT molecular complexity index is 1080. The van der Waals surface area contributed by atoms with E-state index >= 15 is 0 Å². The van der Waals surface area contributed by atoms with Crippen LogP contribution in [0, 0.1) is 0 Å². The van der Waals surface area contributed by atoms with Gasteiger partial charge in [-0.2, -0.15) is 0 Å². The number of nitrogens with one attached hydrogen (secondary N) is 1. The molecule has 0 radical (unpaired) electrons. The summed E-state index contributed by atoms with van der Waals surface area (Å²) >= 11 is 0. The Morgan fingerprint density at radius 3 is 1.19 bits per heavy atom. The summed E-state index contributed by atoms with van der Waals surface area (Å²) in [5.41, 5.74) is 0. The minimum atomic E-state index is -1.55. The van der Waals surface area contributed by atoms with Gasteiger partial charge >= 0.3 is 0 Å². The van der Waals surface area contributed by atoms with E-state index in [1.54, 1.807) is 0 Å². The van der Waals surface area contributed by atoms with Gasteiger partial charge < -0.3 is 40.3 Å². The molecule has 68 heavy (non-hydrogen) atoms. The largest absolute Gasteiger partial charge is 0.394 e. The summed E-state index contributed by atoms with van der Waals surface area (Å²) in [6, 6.07) is -0.714. The van der Waals surface area contributed by atoms with Gasteiger partial charge in [0.2, 0.25) is 5.91 Å². The average Bonchev–Trinajstić information content (AvgIpc) is 3.34. The van der Waals surface area contributed by atoms with E-state index in [9.17, 15) is 30.3 Å². The lowest BCUT2D eigenvalue weighted by Gasteiger charge is -2.40. The van der Waals surface area contributed by atoms with Crippen LogP contribution in [0.3, 0.4) is 0 Å². The van der Waals surface area contributed by atoms with E-state index in [1.165, 1.54) is 238 Å². The zero-order valence-electron chi connectivity index (χ0n) is 44.9. The summed E-state index contributed by atoms with van der Waals surface area (Å²) in [6.07, 6.45) is 54.1. The molecule has 9 heteroatoms. The van der Waals surface area contributed by atoms with Crippen molar-refractivity contribution in [2.45, 2.75) is 346 Å². The normalized spacial score (nSPS) is 19.5. The molecule has 0 aromatic heterocycles. The van der Waals surface area contributed by atoms with Crippen LogP contribution in [0.2, 0.25) is 0 Å². The molecule has 0 aromatic carbocycles. The summed E-state index contributed by atoms with van der Waals surface area (Å²) in [5, 5.41) is 54.5. The molecule has 1 rings (SSSR count). The predicted molar refractivity (Wildman–Crippen MR) is 286 cm³/mol. The highest BCUT2D eigenvalue weighted by atomic mass is 16.7. The number of rotatable bonds is 52. The molecule has 1 fully saturated rings. The number of aliphatic hydroxyl groups excluding tert-OH is 5. The van der Waals surface area contributed by atoms with Gasteiger partial charge in [0.15, 0.2) is 6.29 Å². The molecule has 0 bridgehead atoms. The third-order valence-corrected chi connectivity index (χ3v) is 14.6. The van der Waals surface area contributed by atoms with E-state index < -0.39 is 49.5 Å². The SMILES string of the molecule is CCCCCCCCCC/C=C\CCCCCCCCCCCCCCCCCCCCCCCC(=O)NC(COC1OC(CO)C(O)C(O)C1O)C(O)CCCCCCCCCCCCCC. The highest BCUT2D eigenvalue weighted by molar-refractivity contribution is 5.76. The van der Waals surface area contributed by atoms with Gasteiger partial charge in [-0.3, -0.25) is 4.79 Å². The topological polar surface area (TPSA) is 149 Å². The quantitative estimate of drug-likeness (QED) is 0.0261. The molecule has 7 unspecified atom stereocenters. The van der Waals surface area contributed by atoms with Gasteiger partial charge in [-0.05, 0) is 38.5 Å². The molecule has 1 aliphatic rings. The van der Waals surface area contributed by atoms with Gasteiger partial charge in [0, 0.05) is 6.42 Å².